The van der Waals surface area contributed by atoms with E-state index in [9.17, 15) is 0 Å². The Morgan fingerprint density at radius 3 is 2.48 bits per heavy atom. The van der Waals surface area contributed by atoms with Gasteiger partial charge in [-0.15, -0.1) is 0 Å². The Morgan fingerprint density at radius 1 is 0.966 bits per heavy atom. The number of benzene rings is 2. The van der Waals surface area contributed by atoms with Crippen LogP contribution in [0.1, 0.15) is 23.7 Å². The van der Waals surface area contributed by atoms with Crippen LogP contribution in [-0.2, 0) is 6.54 Å². The van der Waals surface area contributed by atoms with Crippen LogP contribution in [0.5, 0.6) is 0 Å². The predicted octanol–water partition coefficient (Wildman–Crippen LogP) is 6.50. The molecule has 142 valence electrons. The number of hydrogen-bond donors (Lipinski definition) is 0. The highest BCUT2D eigenvalue weighted by molar-refractivity contribution is 6.09. The molecule has 29 heavy (non-hydrogen) atoms. The molecule has 4 aromatic rings. The van der Waals surface area contributed by atoms with Gasteiger partial charge in [-0.1, -0.05) is 49.6 Å². The van der Waals surface area contributed by atoms with Gasteiger partial charge in [0.15, 0.2) is 0 Å². The first-order chi connectivity index (χ1) is 14.2. The molecule has 0 radical (unpaired) electrons. The number of aliphatic imine (C=N–C) groups is 1. The molecule has 0 saturated heterocycles. The van der Waals surface area contributed by atoms with E-state index in [1.54, 1.807) is 12.3 Å². The second-order valence-corrected chi connectivity index (χ2v) is 6.75. The number of rotatable bonds is 6. The molecule has 0 aliphatic rings. The van der Waals surface area contributed by atoms with Gasteiger partial charge in [-0.25, -0.2) is 0 Å². The molecule has 0 bridgehead atoms. The van der Waals surface area contributed by atoms with Crippen molar-refractivity contribution in [2.24, 2.45) is 4.99 Å². The highest BCUT2D eigenvalue weighted by Gasteiger charge is 2.09. The summed E-state index contributed by atoms with van der Waals surface area (Å²) in [5.41, 5.74) is 6.27. The van der Waals surface area contributed by atoms with Crippen LogP contribution in [0, 0.1) is 0 Å². The van der Waals surface area contributed by atoms with Gasteiger partial charge < -0.3 is 4.57 Å². The molecule has 0 spiro atoms. The molecular formula is C26H23N3. The Hall–Kier alpha value is -3.72. The molecule has 0 N–H and O–H groups in total. The molecule has 3 heteroatoms. The average molecular weight is 377 g/mol. The molecule has 0 atom stereocenters. The number of para-hydroxylation sites is 1. The Kier molecular flexibility index (Phi) is 5.21. The minimum absolute atomic E-state index is 0.712. The third-order valence-corrected chi connectivity index (χ3v) is 5.05. The van der Waals surface area contributed by atoms with Gasteiger partial charge in [0, 0.05) is 40.7 Å². The highest BCUT2D eigenvalue weighted by Crippen LogP contribution is 2.30. The zero-order valence-corrected chi connectivity index (χ0v) is 16.5. The first kappa shape index (κ1) is 18.6. The van der Waals surface area contributed by atoms with Crippen molar-refractivity contribution in [1.82, 2.24) is 9.55 Å². The number of aromatic nitrogens is 2. The zero-order chi connectivity index (χ0) is 20.2. The first-order valence-electron chi connectivity index (χ1n) is 9.71. The highest BCUT2D eigenvalue weighted by atomic mass is 15.0. The number of pyridine rings is 1. The normalized spacial score (nSPS) is 12.1. The van der Waals surface area contributed by atoms with E-state index in [4.69, 9.17) is 0 Å². The summed E-state index contributed by atoms with van der Waals surface area (Å²) in [4.78, 5) is 8.60. The summed E-state index contributed by atoms with van der Waals surface area (Å²) in [6.07, 6.45) is 9.21. The fourth-order valence-corrected chi connectivity index (χ4v) is 3.72. The zero-order valence-electron chi connectivity index (χ0n) is 16.5. The van der Waals surface area contributed by atoms with E-state index in [2.05, 4.69) is 89.2 Å². The molecule has 3 nitrogen and oxygen atoms in total. The third kappa shape index (κ3) is 3.55. The summed E-state index contributed by atoms with van der Waals surface area (Å²) in [7, 11) is 0. The second kappa shape index (κ2) is 8.11. The summed E-state index contributed by atoms with van der Waals surface area (Å²) < 4.78 is 2.36. The molecule has 0 saturated carbocycles. The Morgan fingerprint density at radius 2 is 1.72 bits per heavy atom. The number of nitrogens with zero attached hydrogens (tertiary/aromatic N) is 3. The van der Waals surface area contributed by atoms with E-state index < -0.39 is 0 Å². The van der Waals surface area contributed by atoms with Gasteiger partial charge in [-0.3, -0.25) is 9.98 Å². The fraction of sp³-hybridized carbons (Fsp3) is 0.0769. The maximum atomic E-state index is 4.38. The lowest BCUT2D eigenvalue weighted by Gasteiger charge is -2.03. The van der Waals surface area contributed by atoms with Gasteiger partial charge in [0.05, 0.1) is 11.4 Å². The Labute approximate surface area is 171 Å². The maximum absolute atomic E-state index is 4.38. The van der Waals surface area contributed by atoms with Crippen molar-refractivity contribution in [2.75, 3.05) is 0 Å². The summed E-state index contributed by atoms with van der Waals surface area (Å²) in [6.45, 7) is 10.6. The van der Waals surface area contributed by atoms with Crippen molar-refractivity contribution in [3.05, 3.63) is 103 Å². The number of fused-ring (bicyclic) bond motifs is 3. The van der Waals surface area contributed by atoms with Gasteiger partial charge in [-0.05, 0) is 54.5 Å². The standard InChI is InChI=1S/C26H23N3/c1-4-23(27-5-2)24-18-20(15-16-28-24)12-11-19-13-14-26-22(17-19)21-9-7-8-10-25(21)29(26)6-3/h4-5,7-18H,1-2,6H2,3H3/b12-11+,27-23?. The summed E-state index contributed by atoms with van der Waals surface area (Å²) in [6, 6.07) is 19.2. The Bertz CT molecular complexity index is 1270. The molecule has 4 rings (SSSR count). The monoisotopic (exact) mass is 377 g/mol. The molecule has 2 heterocycles. The number of hydrogen-bond acceptors (Lipinski definition) is 2. The lowest BCUT2D eigenvalue weighted by Crippen LogP contribution is -1.99. The smallest absolute Gasteiger partial charge is 0.0891 e. The van der Waals surface area contributed by atoms with Crippen LogP contribution in [-0.4, -0.2) is 15.3 Å². The lowest BCUT2D eigenvalue weighted by molar-refractivity contribution is 0.827. The first-order valence-corrected chi connectivity index (χ1v) is 9.71. The van der Waals surface area contributed by atoms with Gasteiger partial charge in [0.1, 0.15) is 0 Å². The summed E-state index contributed by atoms with van der Waals surface area (Å²) in [5, 5.41) is 2.58. The van der Waals surface area contributed by atoms with Gasteiger partial charge in [-0.2, -0.15) is 0 Å². The maximum Gasteiger partial charge on any atom is 0.0891 e. The molecular weight excluding hydrogens is 354 g/mol. The average Bonchev–Trinajstić information content (AvgIpc) is 3.09. The minimum atomic E-state index is 0.712. The van der Waals surface area contributed by atoms with E-state index in [1.165, 1.54) is 33.6 Å². The summed E-state index contributed by atoms with van der Waals surface area (Å²) >= 11 is 0. The molecule has 0 aliphatic heterocycles. The molecule has 0 aliphatic carbocycles. The van der Waals surface area contributed by atoms with Crippen molar-refractivity contribution < 1.29 is 0 Å². The molecule has 2 aromatic carbocycles. The SMILES string of the molecule is C=CN=C(C=C)c1cc(/C=C/c2ccc3c(c2)c2ccccc2n3CC)ccn1. The molecule has 0 fully saturated rings. The molecule has 0 amide bonds. The topological polar surface area (TPSA) is 30.2 Å². The lowest BCUT2D eigenvalue weighted by atomic mass is 10.1. The fourth-order valence-electron chi connectivity index (χ4n) is 3.72. The molecule has 0 unspecified atom stereocenters. The second-order valence-electron chi connectivity index (χ2n) is 6.75. The van der Waals surface area contributed by atoms with Gasteiger partial charge in [0.2, 0.25) is 0 Å². The van der Waals surface area contributed by atoms with Crippen LogP contribution < -0.4 is 0 Å². The van der Waals surface area contributed by atoms with E-state index in [0.29, 0.717) is 5.71 Å². The summed E-state index contributed by atoms with van der Waals surface area (Å²) in [5.74, 6) is 0. The van der Waals surface area contributed by atoms with Crippen molar-refractivity contribution in [3.8, 4) is 0 Å². The van der Waals surface area contributed by atoms with Crippen molar-refractivity contribution >= 4 is 39.7 Å². The van der Waals surface area contributed by atoms with E-state index in [1.807, 2.05) is 12.1 Å². The van der Waals surface area contributed by atoms with E-state index >= 15 is 0 Å². The quantitative estimate of drug-likeness (QED) is 0.353. The van der Waals surface area contributed by atoms with Crippen LogP contribution in [0.15, 0.2) is 91.2 Å². The molecule has 2 aromatic heterocycles. The largest absolute Gasteiger partial charge is 0.341 e. The van der Waals surface area contributed by atoms with Gasteiger partial charge in [0.25, 0.3) is 0 Å². The van der Waals surface area contributed by atoms with E-state index in [0.717, 1.165) is 17.8 Å². The van der Waals surface area contributed by atoms with Crippen LogP contribution in [0.2, 0.25) is 0 Å². The van der Waals surface area contributed by atoms with Crippen LogP contribution in [0.25, 0.3) is 34.0 Å². The van der Waals surface area contributed by atoms with Crippen LogP contribution in [0.3, 0.4) is 0 Å². The van der Waals surface area contributed by atoms with Crippen LogP contribution in [0.4, 0.5) is 0 Å². The van der Waals surface area contributed by atoms with Crippen molar-refractivity contribution in [1.29, 1.82) is 0 Å². The number of allylic oxidation sites excluding steroid dienone is 1. The van der Waals surface area contributed by atoms with Crippen molar-refractivity contribution in [3.63, 3.8) is 0 Å². The van der Waals surface area contributed by atoms with Crippen molar-refractivity contribution in [2.45, 2.75) is 13.5 Å². The Balaban J connectivity index is 1.72. The van der Waals surface area contributed by atoms with Gasteiger partial charge >= 0.3 is 0 Å². The van der Waals surface area contributed by atoms with Crippen LogP contribution >= 0.6 is 0 Å². The van der Waals surface area contributed by atoms with E-state index in [-0.39, 0.29) is 0 Å². The third-order valence-electron chi connectivity index (χ3n) is 5.05. The number of aryl methyl sites for hydroxylation is 1. The predicted molar refractivity (Wildman–Crippen MR) is 125 cm³/mol. The minimum Gasteiger partial charge on any atom is -0.341 e.